The Morgan fingerprint density at radius 3 is 2.47 bits per heavy atom. The highest BCUT2D eigenvalue weighted by Crippen LogP contribution is 2.39. The molecule has 6 heteroatoms. The van der Waals surface area contributed by atoms with E-state index in [1.807, 2.05) is 66.9 Å². The lowest BCUT2D eigenvalue weighted by atomic mass is 9.91. The van der Waals surface area contributed by atoms with Crippen LogP contribution < -0.4 is 5.32 Å². The molecule has 188 valence electrons. The molecule has 6 rings (SSSR count). The number of hydrogen-bond acceptors (Lipinski definition) is 2. The van der Waals surface area contributed by atoms with Crippen molar-refractivity contribution in [1.29, 1.82) is 0 Å². The average molecular weight is 508 g/mol. The van der Waals surface area contributed by atoms with Gasteiger partial charge in [0.25, 0.3) is 0 Å². The number of halogens is 3. The van der Waals surface area contributed by atoms with Gasteiger partial charge >= 0.3 is 6.18 Å². The minimum Gasteiger partial charge on any atom is -0.381 e. The third kappa shape index (κ3) is 4.73. The summed E-state index contributed by atoms with van der Waals surface area (Å²) in [7, 11) is 0. The highest BCUT2D eigenvalue weighted by atomic mass is 19.4. The Morgan fingerprint density at radius 1 is 0.789 bits per heavy atom. The molecule has 0 fully saturated rings. The summed E-state index contributed by atoms with van der Waals surface area (Å²) in [5, 5.41) is 5.11. The second-order valence-electron chi connectivity index (χ2n) is 9.35. The number of rotatable bonds is 6. The summed E-state index contributed by atoms with van der Waals surface area (Å²) in [6.45, 7) is 0.622. The number of H-pyrrole nitrogens is 1. The van der Waals surface area contributed by atoms with Gasteiger partial charge in [-0.05, 0) is 76.0 Å². The van der Waals surface area contributed by atoms with E-state index in [2.05, 4.69) is 33.5 Å². The Morgan fingerprint density at radius 2 is 1.63 bits per heavy atom. The van der Waals surface area contributed by atoms with Crippen molar-refractivity contribution in [1.82, 2.24) is 9.97 Å². The zero-order chi connectivity index (χ0) is 26.1. The molecule has 0 amide bonds. The number of nitrogens with one attached hydrogen (secondary N) is 2. The minimum atomic E-state index is -4.49. The van der Waals surface area contributed by atoms with Crippen LogP contribution in [0.1, 0.15) is 22.3 Å². The molecule has 2 aromatic heterocycles. The summed E-state index contributed by atoms with van der Waals surface area (Å²) in [5.74, 6) is 0. The number of benzene rings is 4. The van der Waals surface area contributed by atoms with E-state index >= 15 is 0 Å². The Hall–Kier alpha value is -4.58. The van der Waals surface area contributed by atoms with E-state index in [0.717, 1.165) is 50.5 Å². The van der Waals surface area contributed by atoms with Gasteiger partial charge in [0.05, 0.1) is 11.1 Å². The number of fused-ring (bicyclic) bond motifs is 2. The van der Waals surface area contributed by atoms with Crippen molar-refractivity contribution in [2.75, 3.05) is 5.32 Å². The molecule has 38 heavy (non-hydrogen) atoms. The molecule has 0 saturated heterocycles. The molecule has 2 heterocycles. The highest BCUT2D eigenvalue weighted by Gasteiger charge is 2.33. The van der Waals surface area contributed by atoms with Crippen LogP contribution in [0.25, 0.3) is 32.9 Å². The smallest absolute Gasteiger partial charge is 0.381 e. The van der Waals surface area contributed by atoms with Crippen LogP contribution in [0.5, 0.6) is 0 Å². The first-order chi connectivity index (χ1) is 18.5. The number of hydrogen-bond donors (Lipinski definition) is 2. The number of nitrogens with zero attached hydrogens (tertiary/aromatic N) is 1. The lowest BCUT2D eigenvalue weighted by Crippen LogP contribution is -2.07. The van der Waals surface area contributed by atoms with Crippen LogP contribution in [0.4, 0.5) is 18.9 Å². The fourth-order valence-electron chi connectivity index (χ4n) is 4.99. The largest absolute Gasteiger partial charge is 0.418 e. The predicted molar refractivity (Wildman–Crippen MR) is 147 cm³/mol. The number of aromatic nitrogens is 2. The van der Waals surface area contributed by atoms with E-state index in [0.29, 0.717) is 18.4 Å². The monoisotopic (exact) mass is 507 g/mol. The summed E-state index contributed by atoms with van der Waals surface area (Å²) in [6.07, 6.45) is -0.424. The number of para-hydroxylation sites is 1. The van der Waals surface area contributed by atoms with Crippen molar-refractivity contribution in [3.05, 3.63) is 132 Å². The third-order valence-corrected chi connectivity index (χ3v) is 6.78. The molecular weight excluding hydrogens is 483 g/mol. The summed E-state index contributed by atoms with van der Waals surface area (Å²) >= 11 is 0. The second-order valence-corrected chi connectivity index (χ2v) is 9.35. The van der Waals surface area contributed by atoms with E-state index in [-0.39, 0.29) is 5.52 Å². The number of aromatic amines is 1. The van der Waals surface area contributed by atoms with Gasteiger partial charge < -0.3 is 10.3 Å². The third-order valence-electron chi connectivity index (χ3n) is 6.78. The highest BCUT2D eigenvalue weighted by molar-refractivity contribution is 5.98. The Balaban J connectivity index is 1.42. The Bertz CT molecular complexity index is 1740. The lowest BCUT2D eigenvalue weighted by Gasteiger charge is -2.17. The molecule has 0 aliphatic heterocycles. The molecule has 0 bridgehead atoms. The first-order valence-corrected chi connectivity index (χ1v) is 12.4. The first-order valence-electron chi connectivity index (χ1n) is 12.4. The van der Waals surface area contributed by atoms with Gasteiger partial charge in [-0.1, -0.05) is 60.7 Å². The maximum Gasteiger partial charge on any atom is 0.418 e. The van der Waals surface area contributed by atoms with E-state index in [1.165, 1.54) is 6.07 Å². The molecule has 0 aliphatic rings. The van der Waals surface area contributed by atoms with Gasteiger partial charge in [0.15, 0.2) is 0 Å². The Labute approximate surface area is 218 Å². The molecule has 0 unspecified atom stereocenters. The van der Waals surface area contributed by atoms with Crippen LogP contribution in [-0.2, 0) is 19.1 Å². The number of anilines is 1. The summed E-state index contributed by atoms with van der Waals surface area (Å²) in [4.78, 5) is 7.51. The molecule has 6 aromatic rings. The van der Waals surface area contributed by atoms with Gasteiger partial charge in [-0.15, -0.1) is 0 Å². The quantitative estimate of drug-likeness (QED) is 0.237. The van der Waals surface area contributed by atoms with Gasteiger partial charge in [0.1, 0.15) is 0 Å². The predicted octanol–water partition coefficient (Wildman–Crippen LogP) is 8.60. The van der Waals surface area contributed by atoms with Crippen molar-refractivity contribution in [3.8, 4) is 11.1 Å². The zero-order valence-corrected chi connectivity index (χ0v) is 20.4. The maximum absolute atomic E-state index is 13.8. The molecule has 4 aromatic carbocycles. The van der Waals surface area contributed by atoms with Crippen LogP contribution in [0.2, 0.25) is 0 Å². The second kappa shape index (κ2) is 9.71. The molecule has 0 radical (unpaired) electrons. The molecule has 0 spiro atoms. The molecular formula is C32H24F3N3. The molecule has 3 nitrogen and oxygen atoms in total. The van der Waals surface area contributed by atoms with E-state index < -0.39 is 11.7 Å². The summed E-state index contributed by atoms with van der Waals surface area (Å²) in [5.41, 5.74) is 5.90. The van der Waals surface area contributed by atoms with Gasteiger partial charge in [-0.3, -0.25) is 4.98 Å². The minimum absolute atomic E-state index is 0.0371. The van der Waals surface area contributed by atoms with Crippen molar-refractivity contribution in [2.24, 2.45) is 0 Å². The van der Waals surface area contributed by atoms with Crippen LogP contribution in [0.15, 0.2) is 109 Å². The molecule has 2 N–H and O–H groups in total. The van der Waals surface area contributed by atoms with Gasteiger partial charge in [0.2, 0.25) is 0 Å². The normalized spacial score (nSPS) is 11.8. The van der Waals surface area contributed by atoms with E-state index in [9.17, 15) is 13.2 Å². The lowest BCUT2D eigenvalue weighted by molar-refractivity contribution is -0.136. The van der Waals surface area contributed by atoms with Crippen LogP contribution in [0.3, 0.4) is 0 Å². The van der Waals surface area contributed by atoms with Gasteiger partial charge in [-0.2, -0.15) is 13.2 Å². The molecule has 0 atom stereocenters. The number of pyridine rings is 1. The topological polar surface area (TPSA) is 40.7 Å². The van der Waals surface area contributed by atoms with Crippen molar-refractivity contribution in [2.45, 2.75) is 19.1 Å². The van der Waals surface area contributed by atoms with E-state index in [1.54, 1.807) is 12.3 Å². The van der Waals surface area contributed by atoms with Crippen LogP contribution >= 0.6 is 0 Å². The molecule has 0 aliphatic carbocycles. The molecule has 0 saturated carbocycles. The van der Waals surface area contributed by atoms with Gasteiger partial charge in [-0.25, -0.2) is 0 Å². The number of alkyl halides is 3. The van der Waals surface area contributed by atoms with Crippen molar-refractivity contribution in [3.63, 3.8) is 0 Å². The first kappa shape index (κ1) is 23.8. The van der Waals surface area contributed by atoms with Crippen molar-refractivity contribution < 1.29 is 13.2 Å². The standard InChI is InChI=1S/C32H24F3N3/c33-32(34,35)28-11-5-10-27-30(25(20-38-31(27)28)16-21-6-2-1-3-7-21)24-8-4-9-26(18-24)37-19-22-12-13-29-23(17-22)14-15-36-29/h1-15,17-18,20,36-37H,16,19H2. The van der Waals surface area contributed by atoms with Crippen molar-refractivity contribution >= 4 is 27.5 Å². The Kier molecular flexibility index (Phi) is 6.08. The maximum atomic E-state index is 13.8. The summed E-state index contributed by atoms with van der Waals surface area (Å²) in [6, 6.07) is 30.3. The summed E-state index contributed by atoms with van der Waals surface area (Å²) < 4.78 is 41.5. The van der Waals surface area contributed by atoms with Crippen LogP contribution in [-0.4, -0.2) is 9.97 Å². The fourth-order valence-corrected chi connectivity index (χ4v) is 4.99. The van der Waals surface area contributed by atoms with Gasteiger partial charge in [0, 0.05) is 35.5 Å². The fraction of sp³-hybridized carbons (Fsp3) is 0.0938. The average Bonchev–Trinajstić information content (AvgIpc) is 3.40. The zero-order valence-electron chi connectivity index (χ0n) is 20.4. The van der Waals surface area contributed by atoms with Crippen LogP contribution in [0, 0.1) is 0 Å². The SMILES string of the molecule is FC(F)(F)c1cccc2c(-c3cccc(NCc4ccc5[nH]ccc5c4)c3)c(Cc3ccccc3)cnc12. The van der Waals surface area contributed by atoms with E-state index in [4.69, 9.17) is 0 Å².